The quantitative estimate of drug-likeness (QED) is 0.572. The Morgan fingerprint density at radius 2 is 1.68 bits per heavy atom. The van der Waals surface area contributed by atoms with Crippen LogP contribution in [-0.2, 0) is 14.8 Å². The molecular formula is C25H24N2O6S. The van der Waals surface area contributed by atoms with Gasteiger partial charge in [0.25, 0.3) is 0 Å². The summed E-state index contributed by atoms with van der Waals surface area (Å²) >= 11 is 0. The number of nitrogens with one attached hydrogen (secondary N) is 1. The molecule has 176 valence electrons. The van der Waals surface area contributed by atoms with Crippen LogP contribution in [0.3, 0.4) is 0 Å². The van der Waals surface area contributed by atoms with Gasteiger partial charge < -0.3 is 19.5 Å². The lowest BCUT2D eigenvalue weighted by molar-refractivity contribution is -0.119. The number of amides is 1. The fraction of sp³-hybridized carbons (Fsp3) is 0.240. The molecule has 5 rings (SSSR count). The highest BCUT2D eigenvalue weighted by atomic mass is 32.2. The first kappa shape index (κ1) is 22.2. The van der Waals surface area contributed by atoms with E-state index in [-0.39, 0.29) is 11.4 Å². The molecule has 3 aromatic rings. The van der Waals surface area contributed by atoms with Gasteiger partial charge in [0.2, 0.25) is 15.9 Å². The van der Waals surface area contributed by atoms with E-state index in [1.54, 1.807) is 24.3 Å². The number of ether oxygens (including phenoxy) is 3. The van der Waals surface area contributed by atoms with E-state index in [1.165, 1.54) is 16.4 Å². The van der Waals surface area contributed by atoms with E-state index in [2.05, 4.69) is 5.32 Å². The lowest BCUT2D eigenvalue weighted by Gasteiger charge is -2.25. The van der Waals surface area contributed by atoms with Gasteiger partial charge in [-0.05, 0) is 49.2 Å². The number of nitrogens with zero attached hydrogens (tertiary/aromatic N) is 1. The molecule has 1 atom stereocenters. The molecule has 9 heteroatoms. The van der Waals surface area contributed by atoms with Crippen molar-refractivity contribution >= 4 is 21.6 Å². The summed E-state index contributed by atoms with van der Waals surface area (Å²) in [7, 11) is -3.91. The molecule has 1 fully saturated rings. The molecule has 1 N–H and O–H groups in total. The van der Waals surface area contributed by atoms with Gasteiger partial charge in [-0.3, -0.25) is 4.79 Å². The number of anilines is 1. The molecule has 0 aliphatic carbocycles. The zero-order chi connectivity index (χ0) is 23.5. The van der Waals surface area contributed by atoms with E-state index >= 15 is 0 Å². The SMILES string of the molecule is O=C(Nc1ccccc1Oc1ccccc1)C1CCCN1S(=O)(=O)c1ccc2c(c1)OCCO2. The summed E-state index contributed by atoms with van der Waals surface area (Å²) in [6.07, 6.45) is 1.02. The number of sulfonamides is 1. The van der Waals surface area contributed by atoms with Gasteiger partial charge in [0.15, 0.2) is 17.2 Å². The average molecular weight is 481 g/mol. The normalized spacial score (nSPS) is 17.8. The first-order chi connectivity index (χ1) is 16.5. The van der Waals surface area contributed by atoms with E-state index in [0.717, 1.165) is 0 Å². The topological polar surface area (TPSA) is 94.2 Å². The standard InChI is InChI=1S/C25H24N2O6S/c28-25(26-20-9-4-5-11-22(20)33-18-7-2-1-3-8-18)21-10-6-14-27(21)34(29,30)19-12-13-23-24(17-19)32-16-15-31-23/h1-5,7-9,11-13,17,21H,6,10,14-16H2,(H,26,28). The lowest BCUT2D eigenvalue weighted by atomic mass is 10.2. The second kappa shape index (κ2) is 9.36. The Balaban J connectivity index is 1.36. The highest BCUT2D eigenvalue weighted by Gasteiger charge is 2.40. The van der Waals surface area contributed by atoms with Gasteiger partial charge in [-0.1, -0.05) is 30.3 Å². The highest BCUT2D eigenvalue weighted by Crippen LogP contribution is 2.35. The Hall–Kier alpha value is -3.56. The Kier molecular flexibility index (Phi) is 6.12. The van der Waals surface area contributed by atoms with Crippen LogP contribution in [0.25, 0.3) is 0 Å². The van der Waals surface area contributed by atoms with Crippen molar-refractivity contribution in [2.75, 3.05) is 25.1 Å². The third-order valence-corrected chi connectivity index (χ3v) is 7.65. The fourth-order valence-electron chi connectivity index (χ4n) is 4.10. The van der Waals surface area contributed by atoms with Crippen LogP contribution in [-0.4, -0.2) is 44.4 Å². The number of carbonyl (C=O) groups is 1. The molecule has 8 nitrogen and oxygen atoms in total. The molecule has 0 bridgehead atoms. The maximum Gasteiger partial charge on any atom is 0.243 e. The minimum atomic E-state index is -3.91. The molecule has 2 heterocycles. The largest absolute Gasteiger partial charge is 0.486 e. The number of fused-ring (bicyclic) bond motifs is 1. The van der Waals surface area contributed by atoms with Crippen molar-refractivity contribution in [1.82, 2.24) is 4.31 Å². The smallest absolute Gasteiger partial charge is 0.243 e. The van der Waals surface area contributed by atoms with Crippen LogP contribution in [0.15, 0.2) is 77.7 Å². The van der Waals surface area contributed by atoms with Crippen molar-refractivity contribution in [3.8, 4) is 23.0 Å². The van der Waals surface area contributed by atoms with Crippen LogP contribution in [0.4, 0.5) is 5.69 Å². The summed E-state index contributed by atoms with van der Waals surface area (Å²) in [5.74, 6) is 1.60. The van der Waals surface area contributed by atoms with E-state index in [1.807, 2.05) is 36.4 Å². The third kappa shape index (κ3) is 4.44. The summed E-state index contributed by atoms with van der Waals surface area (Å²) in [5, 5.41) is 2.86. The van der Waals surface area contributed by atoms with Gasteiger partial charge in [-0.2, -0.15) is 4.31 Å². The number of carbonyl (C=O) groups excluding carboxylic acids is 1. The minimum Gasteiger partial charge on any atom is -0.486 e. The van der Waals surface area contributed by atoms with Crippen molar-refractivity contribution in [1.29, 1.82) is 0 Å². The summed E-state index contributed by atoms with van der Waals surface area (Å²) in [6, 6.07) is 20.0. The van der Waals surface area contributed by atoms with Gasteiger partial charge in [0, 0.05) is 12.6 Å². The second-order valence-electron chi connectivity index (χ2n) is 7.98. The van der Waals surface area contributed by atoms with Crippen molar-refractivity contribution in [3.05, 3.63) is 72.8 Å². The molecule has 3 aromatic carbocycles. The first-order valence-electron chi connectivity index (χ1n) is 11.1. The van der Waals surface area contributed by atoms with Crippen LogP contribution in [0.2, 0.25) is 0 Å². The van der Waals surface area contributed by atoms with Gasteiger partial charge >= 0.3 is 0 Å². The van der Waals surface area contributed by atoms with E-state index in [9.17, 15) is 13.2 Å². The van der Waals surface area contributed by atoms with Gasteiger partial charge in [-0.15, -0.1) is 0 Å². The second-order valence-corrected chi connectivity index (χ2v) is 9.87. The summed E-state index contributed by atoms with van der Waals surface area (Å²) in [5.41, 5.74) is 0.472. The Morgan fingerprint density at radius 3 is 2.50 bits per heavy atom. The maximum absolute atomic E-state index is 13.4. The monoisotopic (exact) mass is 480 g/mol. The molecule has 0 radical (unpaired) electrons. The molecule has 2 aliphatic rings. The van der Waals surface area contributed by atoms with Crippen molar-refractivity contribution in [2.45, 2.75) is 23.8 Å². The van der Waals surface area contributed by atoms with Crippen LogP contribution < -0.4 is 19.5 Å². The Morgan fingerprint density at radius 1 is 0.941 bits per heavy atom. The maximum atomic E-state index is 13.4. The number of rotatable bonds is 6. The van der Waals surface area contributed by atoms with E-state index in [0.29, 0.717) is 54.7 Å². The molecule has 34 heavy (non-hydrogen) atoms. The molecule has 0 saturated carbocycles. The predicted octanol–water partition coefficient (Wildman–Crippen LogP) is 4.04. The van der Waals surface area contributed by atoms with Gasteiger partial charge in [0.1, 0.15) is 25.0 Å². The number of benzene rings is 3. The summed E-state index contributed by atoms with van der Waals surface area (Å²) < 4.78 is 45.0. The Bertz CT molecular complexity index is 1300. The molecule has 2 aliphatic heterocycles. The molecule has 0 aromatic heterocycles. The van der Waals surface area contributed by atoms with Gasteiger partial charge in [-0.25, -0.2) is 8.42 Å². The first-order valence-corrected chi connectivity index (χ1v) is 12.5. The van der Waals surface area contributed by atoms with E-state index in [4.69, 9.17) is 14.2 Å². The molecule has 0 spiro atoms. The number of hydrogen-bond acceptors (Lipinski definition) is 6. The predicted molar refractivity (Wildman–Crippen MR) is 126 cm³/mol. The highest BCUT2D eigenvalue weighted by molar-refractivity contribution is 7.89. The number of hydrogen-bond donors (Lipinski definition) is 1. The average Bonchev–Trinajstić information content (AvgIpc) is 3.37. The Labute approximate surface area is 198 Å². The zero-order valence-electron chi connectivity index (χ0n) is 18.3. The number of para-hydroxylation sites is 3. The van der Waals surface area contributed by atoms with Crippen molar-refractivity contribution < 1.29 is 27.4 Å². The van der Waals surface area contributed by atoms with Crippen LogP contribution >= 0.6 is 0 Å². The lowest BCUT2D eigenvalue weighted by Crippen LogP contribution is -2.43. The molecule has 1 unspecified atom stereocenters. The minimum absolute atomic E-state index is 0.0734. The third-order valence-electron chi connectivity index (χ3n) is 5.74. The molecule has 1 amide bonds. The summed E-state index contributed by atoms with van der Waals surface area (Å²) in [6.45, 7) is 1.04. The molecular weight excluding hydrogens is 456 g/mol. The van der Waals surface area contributed by atoms with Crippen molar-refractivity contribution in [2.24, 2.45) is 0 Å². The van der Waals surface area contributed by atoms with E-state index < -0.39 is 22.0 Å². The van der Waals surface area contributed by atoms with Crippen LogP contribution in [0, 0.1) is 0 Å². The fourth-order valence-corrected chi connectivity index (χ4v) is 5.77. The summed E-state index contributed by atoms with van der Waals surface area (Å²) in [4.78, 5) is 13.3. The van der Waals surface area contributed by atoms with Crippen LogP contribution in [0.5, 0.6) is 23.0 Å². The van der Waals surface area contributed by atoms with Crippen molar-refractivity contribution in [3.63, 3.8) is 0 Å². The van der Waals surface area contributed by atoms with Gasteiger partial charge in [0.05, 0.1) is 10.6 Å². The van der Waals surface area contributed by atoms with Crippen LogP contribution in [0.1, 0.15) is 12.8 Å². The zero-order valence-corrected chi connectivity index (χ0v) is 19.2. The molecule has 1 saturated heterocycles.